The molecule has 34 heavy (non-hydrogen) atoms. The van der Waals surface area contributed by atoms with Crippen LogP contribution in [0.3, 0.4) is 0 Å². The zero-order valence-corrected chi connectivity index (χ0v) is 21.0. The summed E-state index contributed by atoms with van der Waals surface area (Å²) in [6.07, 6.45) is 9.81. The van der Waals surface area contributed by atoms with Gasteiger partial charge >= 0.3 is 7.60 Å². The van der Waals surface area contributed by atoms with Gasteiger partial charge in [0.05, 0.1) is 6.16 Å². The van der Waals surface area contributed by atoms with E-state index >= 15 is 0 Å². The average molecular weight is 475 g/mol. The molecular formula is C30H35O3P. The second kappa shape index (κ2) is 12.1. The van der Waals surface area contributed by atoms with Crippen molar-refractivity contribution in [3.63, 3.8) is 0 Å². The van der Waals surface area contributed by atoms with Crippen LogP contribution >= 0.6 is 7.60 Å². The molecule has 0 heterocycles. The minimum atomic E-state index is -3.44. The van der Waals surface area contributed by atoms with Crippen LogP contribution in [0.1, 0.15) is 58.3 Å². The molecule has 4 aromatic rings. The topological polar surface area (TPSA) is 35.5 Å². The van der Waals surface area contributed by atoms with Crippen molar-refractivity contribution < 1.29 is 13.6 Å². The fourth-order valence-electron chi connectivity index (χ4n) is 4.40. The van der Waals surface area contributed by atoms with Crippen LogP contribution in [0.5, 0.6) is 11.5 Å². The quantitative estimate of drug-likeness (QED) is 0.143. The second-order valence-corrected chi connectivity index (χ2v) is 11.0. The highest BCUT2D eigenvalue weighted by atomic mass is 31.2. The van der Waals surface area contributed by atoms with Crippen LogP contribution in [0, 0.1) is 0 Å². The number of hydrogen-bond acceptors (Lipinski definition) is 3. The van der Waals surface area contributed by atoms with Crippen molar-refractivity contribution in [3.05, 3.63) is 84.9 Å². The molecule has 0 N–H and O–H groups in total. The van der Waals surface area contributed by atoms with E-state index < -0.39 is 7.60 Å². The lowest BCUT2D eigenvalue weighted by molar-refractivity contribution is 0.386. The van der Waals surface area contributed by atoms with Crippen LogP contribution in [0.2, 0.25) is 0 Å². The summed E-state index contributed by atoms with van der Waals surface area (Å²) < 4.78 is 26.7. The summed E-state index contributed by atoms with van der Waals surface area (Å²) in [7, 11) is -3.44. The molecule has 4 heteroatoms. The molecule has 0 fully saturated rings. The Labute approximate surface area is 203 Å². The van der Waals surface area contributed by atoms with Gasteiger partial charge in [0.15, 0.2) is 0 Å². The summed E-state index contributed by atoms with van der Waals surface area (Å²) in [5, 5.41) is 4.01. The molecule has 178 valence electrons. The predicted molar refractivity (Wildman–Crippen MR) is 144 cm³/mol. The Hall–Kier alpha value is -2.77. The number of unbranched alkanes of at least 4 members (excludes halogenated alkanes) is 7. The lowest BCUT2D eigenvalue weighted by atomic mass is 10.1. The number of hydrogen-bond donors (Lipinski definition) is 0. The van der Waals surface area contributed by atoms with Crippen molar-refractivity contribution >= 4 is 29.1 Å². The third-order valence-electron chi connectivity index (χ3n) is 6.26. The van der Waals surface area contributed by atoms with Crippen molar-refractivity contribution in [2.75, 3.05) is 6.16 Å². The molecule has 0 saturated carbocycles. The molecule has 0 amide bonds. The van der Waals surface area contributed by atoms with Crippen molar-refractivity contribution in [1.82, 2.24) is 0 Å². The van der Waals surface area contributed by atoms with E-state index in [-0.39, 0.29) is 0 Å². The average Bonchev–Trinajstić information content (AvgIpc) is 2.86. The summed E-state index contributed by atoms with van der Waals surface area (Å²) in [4.78, 5) is 0. The van der Waals surface area contributed by atoms with Crippen LogP contribution < -0.4 is 9.05 Å². The van der Waals surface area contributed by atoms with Gasteiger partial charge < -0.3 is 9.05 Å². The predicted octanol–water partition coefficient (Wildman–Crippen LogP) is 9.78. The third-order valence-corrected chi connectivity index (χ3v) is 8.07. The minimum Gasteiger partial charge on any atom is -0.415 e. The fourth-order valence-corrected chi connectivity index (χ4v) is 6.15. The molecule has 0 aliphatic heterocycles. The van der Waals surface area contributed by atoms with E-state index in [0.717, 1.165) is 40.8 Å². The maximum absolute atomic E-state index is 14.2. The first-order valence-corrected chi connectivity index (χ1v) is 14.3. The van der Waals surface area contributed by atoms with Crippen molar-refractivity contribution in [2.45, 2.75) is 58.3 Å². The maximum Gasteiger partial charge on any atom is 0.430 e. The first-order valence-electron chi connectivity index (χ1n) is 12.6. The molecule has 0 unspecified atom stereocenters. The van der Waals surface area contributed by atoms with Gasteiger partial charge in [0.1, 0.15) is 11.5 Å². The number of benzene rings is 4. The molecule has 0 atom stereocenters. The molecule has 0 radical (unpaired) electrons. The molecule has 0 bridgehead atoms. The molecule has 4 aromatic carbocycles. The van der Waals surface area contributed by atoms with E-state index in [1.807, 2.05) is 84.9 Å². The Kier molecular flexibility index (Phi) is 8.66. The van der Waals surface area contributed by atoms with E-state index in [1.54, 1.807) is 0 Å². The number of fused-ring (bicyclic) bond motifs is 2. The van der Waals surface area contributed by atoms with Gasteiger partial charge in [-0.2, -0.15) is 0 Å². The molecule has 0 spiro atoms. The largest absolute Gasteiger partial charge is 0.430 e. The number of rotatable bonds is 13. The van der Waals surface area contributed by atoms with E-state index in [1.165, 1.54) is 32.1 Å². The Bertz CT molecular complexity index is 1150. The molecule has 0 aliphatic carbocycles. The molecule has 0 aliphatic rings. The summed E-state index contributed by atoms with van der Waals surface area (Å²) in [6, 6.07) is 27.8. The van der Waals surface area contributed by atoms with Gasteiger partial charge in [-0.1, -0.05) is 125 Å². The Balaban J connectivity index is 1.52. The Morgan fingerprint density at radius 2 is 1.00 bits per heavy atom. The molecule has 3 nitrogen and oxygen atoms in total. The van der Waals surface area contributed by atoms with Crippen molar-refractivity contribution in [3.8, 4) is 11.5 Å². The van der Waals surface area contributed by atoms with Crippen LogP contribution in [-0.4, -0.2) is 6.16 Å². The highest BCUT2D eigenvalue weighted by molar-refractivity contribution is 7.54. The summed E-state index contributed by atoms with van der Waals surface area (Å²) in [6.45, 7) is 2.24. The minimum absolute atomic E-state index is 0.397. The molecule has 0 aromatic heterocycles. The van der Waals surface area contributed by atoms with Crippen LogP contribution in [0.15, 0.2) is 84.9 Å². The Morgan fingerprint density at radius 1 is 0.559 bits per heavy atom. The van der Waals surface area contributed by atoms with Crippen molar-refractivity contribution in [1.29, 1.82) is 0 Å². The van der Waals surface area contributed by atoms with Gasteiger partial charge in [0.25, 0.3) is 0 Å². The van der Waals surface area contributed by atoms with Gasteiger partial charge in [-0.3, -0.25) is 0 Å². The van der Waals surface area contributed by atoms with Crippen LogP contribution in [0.4, 0.5) is 0 Å². The van der Waals surface area contributed by atoms with Gasteiger partial charge in [0, 0.05) is 10.8 Å². The second-order valence-electron chi connectivity index (χ2n) is 8.95. The third kappa shape index (κ3) is 6.42. The monoisotopic (exact) mass is 474 g/mol. The first kappa shape index (κ1) is 24.4. The summed E-state index contributed by atoms with van der Waals surface area (Å²) in [5.74, 6) is 1.22. The molecular weight excluding hydrogens is 439 g/mol. The van der Waals surface area contributed by atoms with E-state index in [0.29, 0.717) is 17.7 Å². The summed E-state index contributed by atoms with van der Waals surface area (Å²) >= 11 is 0. The van der Waals surface area contributed by atoms with Gasteiger partial charge in [-0.15, -0.1) is 0 Å². The van der Waals surface area contributed by atoms with E-state index in [9.17, 15) is 4.57 Å². The van der Waals surface area contributed by atoms with Gasteiger partial charge in [-0.05, 0) is 29.3 Å². The first-order chi connectivity index (χ1) is 16.7. The highest BCUT2D eigenvalue weighted by Gasteiger charge is 2.29. The fraction of sp³-hybridized carbons (Fsp3) is 0.333. The smallest absolute Gasteiger partial charge is 0.415 e. The molecule has 0 saturated heterocycles. The standard InChI is InChI=1S/C30H35O3P/c1-2-3-4-5-6-7-8-13-24-34(31,32-29-22-14-18-25-16-9-11-20-27(25)29)33-30-23-15-19-26-17-10-12-21-28(26)30/h9-12,14-23H,2-8,13,24H2,1H3. The molecule has 4 rings (SSSR count). The zero-order chi connectivity index (χ0) is 23.6. The highest BCUT2D eigenvalue weighted by Crippen LogP contribution is 2.51. The SMILES string of the molecule is CCCCCCCCCCP(=O)(Oc1cccc2ccccc12)Oc1cccc2ccccc12. The van der Waals surface area contributed by atoms with Gasteiger partial charge in [-0.25, -0.2) is 4.57 Å². The van der Waals surface area contributed by atoms with Crippen LogP contribution in [0.25, 0.3) is 21.5 Å². The normalized spacial score (nSPS) is 11.7. The lowest BCUT2D eigenvalue weighted by Crippen LogP contribution is -2.06. The van der Waals surface area contributed by atoms with Gasteiger partial charge in [0.2, 0.25) is 0 Å². The van der Waals surface area contributed by atoms with E-state index in [2.05, 4.69) is 6.92 Å². The lowest BCUT2D eigenvalue weighted by Gasteiger charge is -2.22. The van der Waals surface area contributed by atoms with Crippen LogP contribution in [-0.2, 0) is 4.57 Å². The van der Waals surface area contributed by atoms with E-state index in [4.69, 9.17) is 9.05 Å². The zero-order valence-electron chi connectivity index (χ0n) is 20.1. The summed E-state index contributed by atoms with van der Waals surface area (Å²) in [5.41, 5.74) is 0. The Morgan fingerprint density at radius 3 is 1.53 bits per heavy atom. The van der Waals surface area contributed by atoms with Crippen molar-refractivity contribution in [2.24, 2.45) is 0 Å². The maximum atomic E-state index is 14.2.